The number of aryl methyl sites for hydroxylation is 1. The molecule has 1 amide bonds. The third-order valence-corrected chi connectivity index (χ3v) is 5.48. The number of carbonyl (C=O) groups excluding carboxylic acids is 1. The van der Waals surface area contributed by atoms with Crippen molar-refractivity contribution in [2.24, 2.45) is 0 Å². The van der Waals surface area contributed by atoms with E-state index in [4.69, 9.17) is 0 Å². The Labute approximate surface area is 169 Å². The van der Waals surface area contributed by atoms with E-state index in [1.54, 1.807) is 13.8 Å². The molecule has 0 aliphatic heterocycles. The number of carbonyl (C=O) groups is 1. The molecule has 1 aliphatic carbocycles. The normalized spacial score (nSPS) is 14.6. The predicted octanol–water partition coefficient (Wildman–Crippen LogP) is 3.58. The van der Waals surface area contributed by atoms with E-state index in [0.29, 0.717) is 35.4 Å². The van der Waals surface area contributed by atoms with E-state index >= 15 is 0 Å². The maximum Gasteiger partial charge on any atom is 0.255 e. The van der Waals surface area contributed by atoms with Gasteiger partial charge in [-0.15, -0.1) is 0 Å². The number of hydrogen-bond acceptors (Lipinski definition) is 4. The Morgan fingerprint density at radius 1 is 1.28 bits per heavy atom. The van der Waals surface area contributed by atoms with Crippen LogP contribution in [0.15, 0.2) is 41.2 Å². The number of aromatic amines is 1. The number of nitrogens with one attached hydrogen (secondary N) is 2. The number of aromatic nitrogens is 4. The highest BCUT2D eigenvalue weighted by atomic mass is 16.2. The lowest BCUT2D eigenvalue weighted by Gasteiger charge is -2.16. The third-order valence-electron chi connectivity index (χ3n) is 5.48. The molecular weight excluding hydrogens is 366 g/mol. The van der Waals surface area contributed by atoms with Crippen LogP contribution in [0.3, 0.4) is 0 Å². The fraction of sp³-hybridized carbons (Fsp3) is 0.364. The Morgan fingerprint density at radius 3 is 2.62 bits per heavy atom. The Morgan fingerprint density at radius 2 is 2.00 bits per heavy atom. The Kier molecular flexibility index (Phi) is 5.05. The van der Waals surface area contributed by atoms with Crippen molar-refractivity contribution in [3.8, 4) is 5.95 Å². The van der Waals surface area contributed by atoms with Crippen LogP contribution in [-0.2, 0) is 4.79 Å². The van der Waals surface area contributed by atoms with Gasteiger partial charge in [-0.05, 0) is 38.7 Å². The van der Waals surface area contributed by atoms with Gasteiger partial charge in [0.05, 0.1) is 11.6 Å². The lowest BCUT2D eigenvalue weighted by atomic mass is 9.96. The van der Waals surface area contributed by atoms with E-state index in [2.05, 4.69) is 20.4 Å². The summed E-state index contributed by atoms with van der Waals surface area (Å²) in [5, 5.41) is 7.65. The molecule has 4 rings (SSSR count). The second kappa shape index (κ2) is 7.66. The minimum Gasteiger partial charge on any atom is -0.310 e. The van der Waals surface area contributed by atoms with Crippen LogP contribution in [0.5, 0.6) is 0 Å². The number of nitrogens with zero attached hydrogens (tertiary/aromatic N) is 3. The maximum absolute atomic E-state index is 13.1. The van der Waals surface area contributed by atoms with Gasteiger partial charge in [0.25, 0.3) is 5.56 Å². The molecule has 2 heterocycles. The van der Waals surface area contributed by atoms with Crippen LogP contribution in [0.1, 0.15) is 60.5 Å². The Bertz CT molecular complexity index is 1100. The van der Waals surface area contributed by atoms with Gasteiger partial charge in [0.2, 0.25) is 11.9 Å². The fourth-order valence-electron chi connectivity index (χ4n) is 3.43. The zero-order valence-electron chi connectivity index (χ0n) is 16.9. The SMILES string of the molecule is CC[C@@H](C(=O)Nc1cc(C2CC2)nn1-c1nc(C)c(C)c(=O)[nH]1)c1ccccc1. The van der Waals surface area contributed by atoms with Gasteiger partial charge in [-0.2, -0.15) is 9.78 Å². The van der Waals surface area contributed by atoms with E-state index in [1.807, 2.05) is 43.3 Å². The fourth-order valence-corrected chi connectivity index (χ4v) is 3.43. The minimum atomic E-state index is -0.268. The maximum atomic E-state index is 13.1. The number of H-pyrrole nitrogens is 1. The van der Waals surface area contributed by atoms with E-state index < -0.39 is 0 Å². The highest BCUT2D eigenvalue weighted by Gasteiger charge is 2.29. The monoisotopic (exact) mass is 391 g/mol. The van der Waals surface area contributed by atoms with E-state index in [0.717, 1.165) is 24.1 Å². The van der Waals surface area contributed by atoms with E-state index in [-0.39, 0.29) is 17.4 Å². The van der Waals surface area contributed by atoms with Crippen molar-refractivity contribution < 1.29 is 4.79 Å². The quantitative estimate of drug-likeness (QED) is 0.672. The summed E-state index contributed by atoms with van der Waals surface area (Å²) in [6.07, 6.45) is 2.85. The molecular formula is C22H25N5O2. The first-order chi connectivity index (χ1) is 14.0. The van der Waals surface area contributed by atoms with E-state index in [9.17, 15) is 9.59 Å². The summed E-state index contributed by atoms with van der Waals surface area (Å²) < 4.78 is 1.54. The number of rotatable bonds is 6. The highest BCUT2D eigenvalue weighted by Crippen LogP contribution is 2.40. The molecule has 0 saturated heterocycles. The molecule has 0 bridgehead atoms. The Balaban J connectivity index is 1.70. The van der Waals surface area contributed by atoms with Crippen molar-refractivity contribution in [1.82, 2.24) is 19.7 Å². The molecule has 1 aliphatic rings. The minimum absolute atomic E-state index is 0.103. The van der Waals surface area contributed by atoms with Crippen molar-refractivity contribution >= 4 is 11.7 Å². The molecule has 7 nitrogen and oxygen atoms in total. The smallest absolute Gasteiger partial charge is 0.255 e. The topological polar surface area (TPSA) is 92.7 Å². The summed E-state index contributed by atoms with van der Waals surface area (Å²) in [4.78, 5) is 32.6. The van der Waals surface area contributed by atoms with Gasteiger partial charge in [0.15, 0.2) is 0 Å². The van der Waals surface area contributed by atoms with Gasteiger partial charge in [0, 0.05) is 23.2 Å². The first kappa shape index (κ1) is 19.1. The molecule has 2 aromatic heterocycles. The predicted molar refractivity (Wildman–Crippen MR) is 112 cm³/mol. The molecule has 1 atom stereocenters. The Hall–Kier alpha value is -3.22. The average molecular weight is 391 g/mol. The highest BCUT2D eigenvalue weighted by molar-refractivity contribution is 5.95. The molecule has 2 N–H and O–H groups in total. The van der Waals surface area contributed by atoms with Crippen molar-refractivity contribution in [3.63, 3.8) is 0 Å². The van der Waals surface area contributed by atoms with Gasteiger partial charge in [-0.3, -0.25) is 14.6 Å². The summed E-state index contributed by atoms with van der Waals surface area (Å²) in [5.74, 6) is 0.871. The van der Waals surface area contributed by atoms with Crippen LogP contribution < -0.4 is 10.9 Å². The van der Waals surface area contributed by atoms with Crippen molar-refractivity contribution in [1.29, 1.82) is 0 Å². The molecule has 0 unspecified atom stereocenters. The first-order valence-electron chi connectivity index (χ1n) is 10.0. The van der Waals surface area contributed by atoms with Gasteiger partial charge >= 0.3 is 0 Å². The molecule has 150 valence electrons. The summed E-state index contributed by atoms with van der Waals surface area (Å²) in [6, 6.07) is 11.6. The summed E-state index contributed by atoms with van der Waals surface area (Å²) in [7, 11) is 0. The van der Waals surface area contributed by atoms with Crippen LogP contribution in [0.2, 0.25) is 0 Å². The summed E-state index contributed by atoms with van der Waals surface area (Å²) in [5.41, 5.74) is 2.89. The average Bonchev–Trinajstić information content (AvgIpc) is 3.48. The van der Waals surface area contributed by atoms with Gasteiger partial charge in [-0.25, -0.2) is 4.98 Å². The zero-order valence-corrected chi connectivity index (χ0v) is 16.9. The van der Waals surface area contributed by atoms with Gasteiger partial charge in [-0.1, -0.05) is 37.3 Å². The molecule has 1 aromatic carbocycles. The number of benzene rings is 1. The van der Waals surface area contributed by atoms with Crippen molar-refractivity contribution in [2.75, 3.05) is 5.32 Å². The number of anilines is 1. The van der Waals surface area contributed by atoms with Crippen LogP contribution in [0, 0.1) is 13.8 Å². The van der Waals surface area contributed by atoms with Crippen LogP contribution in [0.25, 0.3) is 5.95 Å². The van der Waals surface area contributed by atoms with Crippen molar-refractivity contribution in [3.05, 3.63) is 69.3 Å². The lowest BCUT2D eigenvalue weighted by Crippen LogP contribution is -2.24. The molecule has 0 radical (unpaired) electrons. The summed E-state index contributed by atoms with van der Waals surface area (Å²) in [6.45, 7) is 5.52. The van der Waals surface area contributed by atoms with Crippen molar-refractivity contribution in [2.45, 2.75) is 51.9 Å². The molecule has 7 heteroatoms. The van der Waals surface area contributed by atoms with Crippen LogP contribution in [-0.4, -0.2) is 25.7 Å². The van der Waals surface area contributed by atoms with Crippen LogP contribution in [0.4, 0.5) is 5.82 Å². The van der Waals surface area contributed by atoms with Gasteiger partial charge < -0.3 is 5.32 Å². The molecule has 29 heavy (non-hydrogen) atoms. The molecule has 3 aromatic rings. The zero-order chi connectivity index (χ0) is 20.5. The standard InChI is InChI=1S/C22H25N5O2/c1-4-17(15-8-6-5-7-9-15)21(29)24-19-12-18(16-10-11-16)26-27(19)22-23-14(3)13(2)20(28)25-22/h5-9,12,16-17H,4,10-11H2,1-3H3,(H,24,29)(H,23,25,28)/t17-/m1/s1. The van der Waals surface area contributed by atoms with E-state index in [1.165, 1.54) is 4.68 Å². The largest absolute Gasteiger partial charge is 0.310 e. The lowest BCUT2D eigenvalue weighted by molar-refractivity contribution is -0.117. The number of amides is 1. The van der Waals surface area contributed by atoms with Gasteiger partial charge in [0.1, 0.15) is 5.82 Å². The second-order valence-electron chi connectivity index (χ2n) is 7.60. The van der Waals surface area contributed by atoms with Crippen LogP contribution >= 0.6 is 0 Å². The molecule has 1 fully saturated rings. The molecule has 0 spiro atoms. The second-order valence-corrected chi connectivity index (χ2v) is 7.60. The number of hydrogen-bond donors (Lipinski definition) is 2. The summed E-state index contributed by atoms with van der Waals surface area (Å²) >= 11 is 0. The molecule has 1 saturated carbocycles. The third kappa shape index (κ3) is 3.85. The first-order valence-corrected chi connectivity index (χ1v) is 10.0.